The maximum atomic E-state index is 13.4. The highest BCUT2D eigenvalue weighted by molar-refractivity contribution is 14.1. The molecule has 0 aliphatic carbocycles. The minimum atomic E-state index is -2.40. The quantitative estimate of drug-likeness (QED) is 0.188. The molecule has 1 heterocycles. The van der Waals surface area contributed by atoms with Crippen LogP contribution in [0.3, 0.4) is 0 Å². The number of halogens is 1. The molecular weight excluding hydrogens is 573 g/mol. The molecule has 2 aromatic rings. The van der Waals surface area contributed by atoms with Crippen molar-refractivity contribution < 1.29 is 19.1 Å². The van der Waals surface area contributed by atoms with Gasteiger partial charge in [0.05, 0.1) is 21.8 Å². The first-order chi connectivity index (χ1) is 15.9. The molecule has 1 atom stereocenters. The summed E-state index contributed by atoms with van der Waals surface area (Å²) in [6, 6.07) is 3.69. The fourth-order valence-corrected chi connectivity index (χ4v) is 5.45. The second kappa shape index (κ2) is 10.9. The predicted octanol–water partition coefficient (Wildman–Crippen LogP) is 6.92. The molecule has 0 radical (unpaired) electrons. The summed E-state index contributed by atoms with van der Waals surface area (Å²) in [5.74, 6) is 0.101. The first kappa shape index (κ1) is 29.8. The molecule has 35 heavy (non-hydrogen) atoms. The van der Waals surface area contributed by atoms with Gasteiger partial charge >= 0.3 is 5.97 Å². The van der Waals surface area contributed by atoms with E-state index >= 15 is 0 Å². The van der Waals surface area contributed by atoms with Gasteiger partial charge in [-0.2, -0.15) is 0 Å². The molecule has 0 fully saturated rings. The van der Waals surface area contributed by atoms with E-state index in [9.17, 15) is 14.4 Å². The molecule has 6 nitrogen and oxygen atoms in total. The van der Waals surface area contributed by atoms with Crippen LogP contribution >= 0.6 is 22.6 Å². The van der Waals surface area contributed by atoms with E-state index in [1.54, 1.807) is 13.1 Å². The third-order valence-electron chi connectivity index (χ3n) is 6.98. The lowest BCUT2D eigenvalue weighted by atomic mass is 9.82. The van der Waals surface area contributed by atoms with Crippen LogP contribution in [0.4, 0.5) is 0 Å². The normalized spacial score (nSPS) is 13.9. The van der Waals surface area contributed by atoms with Crippen LogP contribution in [0.15, 0.2) is 23.1 Å². The van der Waals surface area contributed by atoms with Crippen molar-refractivity contribution in [3.8, 4) is 5.75 Å². The molecule has 8 heteroatoms. The number of carbonyl (C=O) groups is 1. The number of hydrogen-bond donors (Lipinski definition) is 1. The number of hydrogen-bond acceptors (Lipinski definition) is 5. The summed E-state index contributed by atoms with van der Waals surface area (Å²) in [7, 11) is -2.40. The summed E-state index contributed by atoms with van der Waals surface area (Å²) in [4.78, 5) is 37.1. The van der Waals surface area contributed by atoms with Gasteiger partial charge in [0.2, 0.25) is 5.43 Å². The number of ether oxygens (including phenoxy) is 2. The third kappa shape index (κ3) is 6.89. The van der Waals surface area contributed by atoms with E-state index in [0.29, 0.717) is 11.1 Å². The minimum absolute atomic E-state index is 0.0177. The summed E-state index contributed by atoms with van der Waals surface area (Å²) in [6.45, 7) is 20.6. The van der Waals surface area contributed by atoms with E-state index in [1.807, 2.05) is 39.1 Å². The lowest BCUT2D eigenvalue weighted by molar-refractivity contribution is 0.0523. The van der Waals surface area contributed by atoms with Crippen molar-refractivity contribution in [2.45, 2.75) is 98.5 Å². The summed E-state index contributed by atoms with van der Waals surface area (Å²) >= 11 is 2.17. The van der Waals surface area contributed by atoms with Crippen LogP contribution in [-0.2, 0) is 4.74 Å². The zero-order chi connectivity index (χ0) is 26.9. The second-order valence-corrected chi connectivity index (χ2v) is 17.5. The molecule has 1 N–H and O–H groups in total. The average molecular weight is 616 g/mol. The molecular formula is C27H42INO5Si. The van der Waals surface area contributed by atoms with E-state index in [-0.39, 0.29) is 40.2 Å². The van der Waals surface area contributed by atoms with Crippen LogP contribution < -0.4 is 10.2 Å². The SMILES string of the molecule is CCOC(=O)c1cn(C(CCC(C)(C)[Si](C)(C)O)C(C)(C)C)c2cc(OC(C)C)c(I)cc2c1=O. The van der Waals surface area contributed by atoms with Gasteiger partial charge in [-0.3, -0.25) is 4.79 Å². The maximum Gasteiger partial charge on any atom is 0.343 e. The molecule has 1 aromatic heterocycles. The van der Waals surface area contributed by atoms with Crippen molar-refractivity contribution in [3.63, 3.8) is 0 Å². The van der Waals surface area contributed by atoms with E-state index in [2.05, 4.69) is 61.8 Å². The van der Waals surface area contributed by atoms with Crippen molar-refractivity contribution >= 4 is 47.8 Å². The van der Waals surface area contributed by atoms with Crippen molar-refractivity contribution in [1.29, 1.82) is 0 Å². The number of fused-ring (bicyclic) bond motifs is 1. The van der Waals surface area contributed by atoms with Crippen LogP contribution in [0.1, 0.15) is 84.6 Å². The number of esters is 1. The van der Waals surface area contributed by atoms with Gasteiger partial charge in [-0.05, 0) is 85.8 Å². The third-order valence-corrected chi connectivity index (χ3v) is 11.4. The van der Waals surface area contributed by atoms with E-state index in [1.165, 1.54) is 0 Å². The molecule has 1 aromatic carbocycles. The van der Waals surface area contributed by atoms with Crippen LogP contribution in [-0.4, -0.2) is 36.4 Å². The van der Waals surface area contributed by atoms with Crippen LogP contribution in [0.25, 0.3) is 10.9 Å². The van der Waals surface area contributed by atoms with Gasteiger partial charge in [-0.25, -0.2) is 4.79 Å². The molecule has 2 rings (SSSR count). The van der Waals surface area contributed by atoms with Crippen molar-refractivity contribution in [2.24, 2.45) is 5.41 Å². The molecule has 0 aliphatic heterocycles. The van der Waals surface area contributed by atoms with Gasteiger partial charge < -0.3 is 18.8 Å². The number of aromatic nitrogens is 1. The second-order valence-electron chi connectivity index (χ2n) is 11.8. The van der Waals surface area contributed by atoms with Gasteiger partial charge in [0.15, 0.2) is 8.32 Å². The van der Waals surface area contributed by atoms with Gasteiger partial charge in [-0.15, -0.1) is 0 Å². The highest BCUT2D eigenvalue weighted by Crippen LogP contribution is 2.45. The fourth-order valence-electron chi connectivity index (χ4n) is 4.10. The molecule has 0 bridgehead atoms. The van der Waals surface area contributed by atoms with Crippen LogP contribution in [0, 0.1) is 8.99 Å². The average Bonchev–Trinajstić information content (AvgIpc) is 2.68. The van der Waals surface area contributed by atoms with Crippen molar-refractivity contribution in [1.82, 2.24) is 4.57 Å². The molecule has 1 unspecified atom stereocenters. The van der Waals surface area contributed by atoms with E-state index in [4.69, 9.17) is 9.47 Å². The Kier molecular flexibility index (Phi) is 9.31. The largest absolute Gasteiger partial charge is 0.490 e. The Balaban J connectivity index is 2.84. The summed E-state index contributed by atoms with van der Waals surface area (Å²) in [5.41, 5.74) is 0.253. The summed E-state index contributed by atoms with van der Waals surface area (Å²) < 4.78 is 14.2. The Morgan fingerprint density at radius 2 is 1.77 bits per heavy atom. The Bertz CT molecular complexity index is 1130. The zero-order valence-electron chi connectivity index (χ0n) is 22.9. The number of pyridine rings is 1. The maximum absolute atomic E-state index is 13.4. The number of benzene rings is 1. The molecule has 0 saturated carbocycles. The topological polar surface area (TPSA) is 77.8 Å². The van der Waals surface area contributed by atoms with Gasteiger partial charge in [0.25, 0.3) is 0 Å². The van der Waals surface area contributed by atoms with E-state index in [0.717, 1.165) is 21.9 Å². The van der Waals surface area contributed by atoms with Gasteiger partial charge in [0.1, 0.15) is 11.3 Å². The van der Waals surface area contributed by atoms with Crippen LogP contribution in [0.2, 0.25) is 18.1 Å². The van der Waals surface area contributed by atoms with Crippen molar-refractivity contribution in [3.05, 3.63) is 37.7 Å². The predicted molar refractivity (Wildman–Crippen MR) is 154 cm³/mol. The Morgan fingerprint density at radius 1 is 1.17 bits per heavy atom. The highest BCUT2D eigenvalue weighted by atomic mass is 127. The summed E-state index contributed by atoms with van der Waals surface area (Å²) in [5, 5.41) is 0.276. The molecule has 196 valence electrons. The van der Waals surface area contributed by atoms with Gasteiger partial charge in [0, 0.05) is 23.7 Å². The first-order valence-corrected chi connectivity index (χ1v) is 16.4. The molecule has 0 amide bonds. The molecule has 0 saturated heterocycles. The minimum Gasteiger partial charge on any atom is -0.490 e. The molecule has 0 aliphatic rings. The number of nitrogens with zero attached hydrogens (tertiary/aromatic N) is 1. The fraction of sp³-hybridized carbons (Fsp3) is 0.630. The number of carbonyl (C=O) groups excluding carboxylic acids is 1. The summed E-state index contributed by atoms with van der Waals surface area (Å²) in [6.07, 6.45) is 3.24. The molecule has 0 spiro atoms. The lowest BCUT2D eigenvalue weighted by Gasteiger charge is -2.40. The monoisotopic (exact) mass is 615 g/mol. The standard InChI is InChI=1S/C27H42INO5Si/c1-11-33-25(31)19-16-29(23(26(4,5)6)12-13-27(7,8)35(9,10)32)21-15-22(34-17(2)3)20(28)14-18(21)24(19)30/h14-17,23,32H,11-13H2,1-10H3. The lowest BCUT2D eigenvalue weighted by Crippen LogP contribution is -2.40. The van der Waals surface area contributed by atoms with Gasteiger partial charge in [-0.1, -0.05) is 34.6 Å². The van der Waals surface area contributed by atoms with Crippen LogP contribution in [0.5, 0.6) is 5.75 Å². The van der Waals surface area contributed by atoms with Crippen molar-refractivity contribution in [2.75, 3.05) is 6.61 Å². The Hall–Kier alpha value is -1.39. The Labute approximate surface area is 224 Å². The smallest absolute Gasteiger partial charge is 0.343 e. The van der Waals surface area contributed by atoms with E-state index < -0.39 is 14.3 Å². The number of rotatable bonds is 9. The zero-order valence-corrected chi connectivity index (χ0v) is 26.1. The highest BCUT2D eigenvalue weighted by Gasteiger charge is 2.39. The first-order valence-electron chi connectivity index (χ1n) is 12.3. The Morgan fingerprint density at radius 3 is 2.26 bits per heavy atom.